The average Bonchev–Trinajstić information content (AvgIpc) is 3.38. The van der Waals surface area contributed by atoms with Gasteiger partial charge in [-0.1, -0.05) is 30.7 Å². The van der Waals surface area contributed by atoms with Crippen molar-refractivity contribution in [3.8, 4) is 0 Å². The standard InChI is InChI=1S/C20H26F3N5OS/c1-30-19-27-26-17(28(19)16-8-2-3-9-16)10-5-11-24-18(29)13-25-15-7-4-6-14(12-15)20(21,22)23/h4,6-7,12,16,25H,2-3,5,8-11,13H2,1H3,(H,24,29). The first-order chi connectivity index (χ1) is 14.4. The fourth-order valence-corrected chi connectivity index (χ4v) is 4.24. The van der Waals surface area contributed by atoms with Crippen LogP contribution < -0.4 is 10.6 Å². The lowest BCUT2D eigenvalue weighted by molar-refractivity contribution is -0.137. The highest BCUT2D eigenvalue weighted by molar-refractivity contribution is 7.98. The third kappa shape index (κ3) is 5.90. The number of aryl methyl sites for hydroxylation is 1. The molecular weight excluding hydrogens is 415 g/mol. The van der Waals surface area contributed by atoms with Gasteiger partial charge in [0.05, 0.1) is 12.1 Å². The summed E-state index contributed by atoms with van der Waals surface area (Å²) in [6.07, 6.45) is 3.77. The molecule has 2 aromatic rings. The number of alkyl halides is 3. The average molecular weight is 442 g/mol. The Hall–Kier alpha value is -2.23. The Labute approximate surface area is 178 Å². The lowest BCUT2D eigenvalue weighted by Gasteiger charge is -2.16. The molecule has 0 atom stereocenters. The Morgan fingerprint density at radius 2 is 2.03 bits per heavy atom. The van der Waals surface area contributed by atoms with E-state index in [4.69, 9.17) is 0 Å². The molecule has 0 radical (unpaired) electrons. The van der Waals surface area contributed by atoms with E-state index in [0.717, 1.165) is 36.0 Å². The highest BCUT2D eigenvalue weighted by atomic mass is 32.2. The van der Waals surface area contributed by atoms with E-state index in [9.17, 15) is 18.0 Å². The first-order valence-electron chi connectivity index (χ1n) is 10.0. The van der Waals surface area contributed by atoms with E-state index in [1.54, 1.807) is 11.8 Å². The number of rotatable bonds is 9. The Balaban J connectivity index is 1.43. The zero-order valence-electron chi connectivity index (χ0n) is 16.8. The van der Waals surface area contributed by atoms with Crippen molar-refractivity contribution in [1.82, 2.24) is 20.1 Å². The molecule has 0 spiro atoms. The predicted octanol–water partition coefficient (Wildman–Crippen LogP) is 4.29. The second-order valence-electron chi connectivity index (χ2n) is 7.30. The molecule has 10 heteroatoms. The van der Waals surface area contributed by atoms with Gasteiger partial charge < -0.3 is 15.2 Å². The SMILES string of the molecule is CSc1nnc(CCCNC(=O)CNc2cccc(C(F)(F)F)c2)n1C1CCCC1. The molecule has 1 fully saturated rings. The number of halogens is 3. The molecule has 1 amide bonds. The van der Waals surface area contributed by atoms with Gasteiger partial charge in [-0.3, -0.25) is 4.79 Å². The van der Waals surface area contributed by atoms with Gasteiger partial charge in [0, 0.05) is 24.7 Å². The van der Waals surface area contributed by atoms with Crippen LogP contribution in [0.3, 0.4) is 0 Å². The molecule has 0 aliphatic heterocycles. The van der Waals surface area contributed by atoms with Crippen LogP contribution in [0.15, 0.2) is 29.4 Å². The molecule has 164 valence electrons. The van der Waals surface area contributed by atoms with Crippen LogP contribution in [0, 0.1) is 0 Å². The third-order valence-electron chi connectivity index (χ3n) is 5.15. The van der Waals surface area contributed by atoms with E-state index in [2.05, 4.69) is 25.4 Å². The molecule has 3 rings (SSSR count). The lowest BCUT2D eigenvalue weighted by atomic mass is 10.2. The van der Waals surface area contributed by atoms with Crippen LogP contribution in [0.4, 0.5) is 18.9 Å². The van der Waals surface area contributed by atoms with Gasteiger partial charge in [0.2, 0.25) is 5.91 Å². The molecule has 1 aliphatic carbocycles. The molecule has 1 aliphatic rings. The van der Waals surface area contributed by atoms with Gasteiger partial charge in [0.1, 0.15) is 5.82 Å². The van der Waals surface area contributed by atoms with Crippen LogP contribution in [0.5, 0.6) is 0 Å². The zero-order valence-corrected chi connectivity index (χ0v) is 17.7. The van der Waals surface area contributed by atoms with Gasteiger partial charge >= 0.3 is 6.18 Å². The topological polar surface area (TPSA) is 71.8 Å². The first-order valence-corrected chi connectivity index (χ1v) is 11.3. The highest BCUT2D eigenvalue weighted by Gasteiger charge is 2.30. The normalized spacial score (nSPS) is 14.8. The van der Waals surface area contributed by atoms with Crippen molar-refractivity contribution >= 4 is 23.4 Å². The molecule has 0 unspecified atom stereocenters. The summed E-state index contributed by atoms with van der Waals surface area (Å²) in [5, 5.41) is 15.1. The molecular formula is C20H26F3N5OS. The lowest BCUT2D eigenvalue weighted by Crippen LogP contribution is -2.31. The maximum absolute atomic E-state index is 12.7. The third-order valence-corrected chi connectivity index (χ3v) is 5.79. The molecule has 1 saturated carbocycles. The van der Waals surface area contributed by atoms with Crippen molar-refractivity contribution in [2.24, 2.45) is 0 Å². The Kier molecular flexibility index (Phi) is 7.63. The number of benzene rings is 1. The van der Waals surface area contributed by atoms with Crippen LogP contribution in [0.25, 0.3) is 0 Å². The summed E-state index contributed by atoms with van der Waals surface area (Å²) in [7, 11) is 0. The summed E-state index contributed by atoms with van der Waals surface area (Å²) >= 11 is 1.60. The summed E-state index contributed by atoms with van der Waals surface area (Å²) in [6, 6.07) is 5.27. The monoisotopic (exact) mass is 441 g/mol. The van der Waals surface area contributed by atoms with Crippen LogP contribution in [0.2, 0.25) is 0 Å². The minimum absolute atomic E-state index is 0.0871. The van der Waals surface area contributed by atoms with Gasteiger partial charge in [-0.25, -0.2) is 0 Å². The summed E-state index contributed by atoms with van der Waals surface area (Å²) in [5.74, 6) is 0.678. The van der Waals surface area contributed by atoms with Crippen molar-refractivity contribution in [3.05, 3.63) is 35.7 Å². The minimum Gasteiger partial charge on any atom is -0.376 e. The quantitative estimate of drug-likeness (QED) is 0.449. The second-order valence-corrected chi connectivity index (χ2v) is 8.07. The summed E-state index contributed by atoms with van der Waals surface area (Å²) in [5.41, 5.74) is -0.488. The predicted molar refractivity (Wildman–Crippen MR) is 111 cm³/mol. The summed E-state index contributed by atoms with van der Waals surface area (Å²) in [6.45, 7) is 0.380. The van der Waals surface area contributed by atoms with Gasteiger partial charge in [-0.2, -0.15) is 13.2 Å². The molecule has 0 saturated heterocycles. The van der Waals surface area contributed by atoms with Crippen LogP contribution in [-0.4, -0.2) is 40.0 Å². The first kappa shape index (κ1) is 22.5. The van der Waals surface area contributed by atoms with Crippen molar-refractivity contribution in [2.75, 3.05) is 24.7 Å². The van der Waals surface area contributed by atoms with E-state index in [0.29, 0.717) is 25.4 Å². The number of anilines is 1. The van der Waals surface area contributed by atoms with E-state index in [1.807, 2.05) is 6.26 Å². The number of aromatic nitrogens is 3. The van der Waals surface area contributed by atoms with Crippen molar-refractivity contribution in [2.45, 2.75) is 55.9 Å². The molecule has 1 heterocycles. The maximum atomic E-state index is 12.7. The largest absolute Gasteiger partial charge is 0.416 e. The smallest absolute Gasteiger partial charge is 0.376 e. The molecule has 2 N–H and O–H groups in total. The van der Waals surface area contributed by atoms with Gasteiger partial charge in [0.25, 0.3) is 0 Å². The van der Waals surface area contributed by atoms with E-state index in [-0.39, 0.29) is 18.1 Å². The molecule has 1 aromatic carbocycles. The van der Waals surface area contributed by atoms with E-state index >= 15 is 0 Å². The number of carbonyl (C=O) groups is 1. The number of amides is 1. The molecule has 1 aromatic heterocycles. The number of hydrogen-bond donors (Lipinski definition) is 2. The van der Waals surface area contributed by atoms with E-state index in [1.165, 1.54) is 25.0 Å². The zero-order chi connectivity index (χ0) is 21.6. The fraction of sp³-hybridized carbons (Fsp3) is 0.550. The van der Waals surface area contributed by atoms with Crippen molar-refractivity contribution < 1.29 is 18.0 Å². The minimum atomic E-state index is -4.41. The number of nitrogens with one attached hydrogen (secondary N) is 2. The second kappa shape index (κ2) is 10.2. The number of carbonyl (C=O) groups excluding carboxylic acids is 1. The Morgan fingerprint density at radius 3 is 2.73 bits per heavy atom. The van der Waals surface area contributed by atoms with Crippen molar-refractivity contribution in [1.29, 1.82) is 0 Å². The molecule has 0 bridgehead atoms. The number of hydrogen-bond acceptors (Lipinski definition) is 5. The van der Waals surface area contributed by atoms with Gasteiger partial charge in [0.15, 0.2) is 5.16 Å². The van der Waals surface area contributed by atoms with Gasteiger partial charge in [-0.15, -0.1) is 10.2 Å². The molecule has 30 heavy (non-hydrogen) atoms. The van der Waals surface area contributed by atoms with Gasteiger partial charge in [-0.05, 0) is 43.7 Å². The van der Waals surface area contributed by atoms with Crippen LogP contribution in [-0.2, 0) is 17.4 Å². The summed E-state index contributed by atoms with van der Waals surface area (Å²) < 4.78 is 40.5. The Bertz CT molecular complexity index is 849. The van der Waals surface area contributed by atoms with Crippen LogP contribution >= 0.6 is 11.8 Å². The Morgan fingerprint density at radius 1 is 1.27 bits per heavy atom. The van der Waals surface area contributed by atoms with Crippen LogP contribution in [0.1, 0.15) is 49.5 Å². The number of thioether (sulfide) groups is 1. The van der Waals surface area contributed by atoms with E-state index < -0.39 is 11.7 Å². The fourth-order valence-electron chi connectivity index (χ4n) is 3.67. The molecule has 6 nitrogen and oxygen atoms in total. The highest BCUT2D eigenvalue weighted by Crippen LogP contribution is 2.33. The maximum Gasteiger partial charge on any atom is 0.416 e. The summed E-state index contributed by atoms with van der Waals surface area (Å²) in [4.78, 5) is 12.0. The number of nitrogens with zero attached hydrogens (tertiary/aromatic N) is 3. The van der Waals surface area contributed by atoms with Crippen molar-refractivity contribution in [3.63, 3.8) is 0 Å².